The number of ether oxygens (including phenoxy) is 2. The smallest absolute Gasteiger partial charge is 0.220 e. The van der Waals surface area contributed by atoms with Gasteiger partial charge in [0.15, 0.2) is 5.78 Å². The summed E-state index contributed by atoms with van der Waals surface area (Å²) in [6, 6.07) is 14.8. The second-order valence-corrected chi connectivity index (χ2v) is 5.95. The predicted molar refractivity (Wildman–Crippen MR) is 101 cm³/mol. The summed E-state index contributed by atoms with van der Waals surface area (Å²) in [5, 5.41) is 2.89. The first-order valence-corrected chi connectivity index (χ1v) is 8.69. The molecule has 138 valence electrons. The van der Waals surface area contributed by atoms with Crippen LogP contribution in [0.2, 0.25) is 0 Å². The minimum atomic E-state index is -0.0268. The van der Waals surface area contributed by atoms with Crippen LogP contribution in [0.4, 0.5) is 0 Å². The summed E-state index contributed by atoms with van der Waals surface area (Å²) in [5.74, 6) is 1.55. The Bertz CT molecular complexity index is 708. The minimum Gasteiger partial charge on any atom is -0.497 e. The zero-order valence-corrected chi connectivity index (χ0v) is 15.3. The number of carbonyl (C=O) groups is 2. The Hall–Kier alpha value is -2.82. The van der Waals surface area contributed by atoms with Crippen molar-refractivity contribution < 1.29 is 19.1 Å². The lowest BCUT2D eigenvalue weighted by Gasteiger charge is -2.06. The highest BCUT2D eigenvalue weighted by Crippen LogP contribution is 2.14. The molecule has 0 atom stereocenters. The Balaban J connectivity index is 1.64. The lowest BCUT2D eigenvalue weighted by atomic mass is 10.1. The van der Waals surface area contributed by atoms with Crippen molar-refractivity contribution in [3.05, 3.63) is 59.7 Å². The molecule has 0 saturated heterocycles. The highest BCUT2D eigenvalue weighted by Gasteiger charge is 2.08. The fraction of sp³-hybridized carbons (Fsp3) is 0.333. The largest absolute Gasteiger partial charge is 0.497 e. The van der Waals surface area contributed by atoms with E-state index >= 15 is 0 Å². The van der Waals surface area contributed by atoms with Gasteiger partial charge in [-0.3, -0.25) is 9.59 Å². The van der Waals surface area contributed by atoms with E-state index in [1.165, 1.54) is 0 Å². The first kappa shape index (κ1) is 19.5. The first-order chi connectivity index (χ1) is 12.6. The molecular weight excluding hydrogens is 330 g/mol. The molecule has 2 aromatic carbocycles. The highest BCUT2D eigenvalue weighted by atomic mass is 16.5. The average molecular weight is 355 g/mol. The molecule has 0 spiro atoms. The molecule has 5 heteroatoms. The maximum atomic E-state index is 12.1. The molecule has 0 bridgehead atoms. The fourth-order valence-electron chi connectivity index (χ4n) is 2.56. The Morgan fingerprint density at radius 3 is 2.00 bits per heavy atom. The third kappa shape index (κ3) is 6.24. The molecule has 26 heavy (non-hydrogen) atoms. The van der Waals surface area contributed by atoms with Crippen molar-refractivity contribution in [3.8, 4) is 11.5 Å². The molecule has 1 N–H and O–H groups in total. The molecule has 0 heterocycles. The van der Waals surface area contributed by atoms with Gasteiger partial charge < -0.3 is 14.8 Å². The van der Waals surface area contributed by atoms with Crippen LogP contribution in [0.25, 0.3) is 0 Å². The fourth-order valence-corrected chi connectivity index (χ4v) is 2.56. The van der Waals surface area contributed by atoms with Gasteiger partial charge in [-0.15, -0.1) is 0 Å². The summed E-state index contributed by atoms with van der Waals surface area (Å²) in [5.41, 5.74) is 1.78. The molecule has 1 amide bonds. The van der Waals surface area contributed by atoms with Gasteiger partial charge in [-0.1, -0.05) is 12.1 Å². The highest BCUT2D eigenvalue weighted by molar-refractivity contribution is 5.96. The molecule has 2 rings (SSSR count). The van der Waals surface area contributed by atoms with Crippen LogP contribution in [0.1, 0.15) is 35.2 Å². The van der Waals surface area contributed by atoms with E-state index in [4.69, 9.17) is 9.47 Å². The van der Waals surface area contributed by atoms with Gasteiger partial charge in [0.25, 0.3) is 0 Å². The van der Waals surface area contributed by atoms with E-state index in [2.05, 4.69) is 5.32 Å². The molecule has 0 saturated carbocycles. The van der Waals surface area contributed by atoms with Crippen molar-refractivity contribution in [3.63, 3.8) is 0 Å². The SMILES string of the molecule is COc1ccc(CCNC(=O)CCCC(=O)c2ccc(OC)cc2)cc1. The lowest BCUT2D eigenvalue weighted by molar-refractivity contribution is -0.121. The number of carbonyl (C=O) groups excluding carboxylic acids is 2. The molecule has 0 unspecified atom stereocenters. The monoisotopic (exact) mass is 355 g/mol. The van der Waals surface area contributed by atoms with Gasteiger partial charge in [0.1, 0.15) is 11.5 Å². The molecule has 0 aromatic heterocycles. The maximum absolute atomic E-state index is 12.1. The van der Waals surface area contributed by atoms with Crippen molar-refractivity contribution in [2.75, 3.05) is 20.8 Å². The molecular formula is C21H25NO4. The topological polar surface area (TPSA) is 64.6 Å². The van der Waals surface area contributed by atoms with E-state index < -0.39 is 0 Å². The molecule has 0 radical (unpaired) electrons. The van der Waals surface area contributed by atoms with Crippen LogP contribution >= 0.6 is 0 Å². The number of nitrogens with one attached hydrogen (secondary N) is 1. The van der Waals surface area contributed by atoms with E-state index in [0.29, 0.717) is 31.4 Å². The van der Waals surface area contributed by atoms with Crippen molar-refractivity contribution in [2.45, 2.75) is 25.7 Å². The van der Waals surface area contributed by atoms with Crippen molar-refractivity contribution in [2.24, 2.45) is 0 Å². The van der Waals surface area contributed by atoms with Crippen LogP contribution in [0.3, 0.4) is 0 Å². The van der Waals surface area contributed by atoms with Crippen LogP contribution in [-0.4, -0.2) is 32.5 Å². The third-order valence-corrected chi connectivity index (χ3v) is 4.11. The van der Waals surface area contributed by atoms with Gasteiger partial charge in [-0.05, 0) is 54.8 Å². The molecule has 0 fully saturated rings. The van der Waals surface area contributed by atoms with Gasteiger partial charge in [0, 0.05) is 24.9 Å². The first-order valence-electron chi connectivity index (χ1n) is 8.69. The van der Waals surface area contributed by atoms with Gasteiger partial charge >= 0.3 is 0 Å². The van der Waals surface area contributed by atoms with Crippen LogP contribution < -0.4 is 14.8 Å². The summed E-state index contributed by atoms with van der Waals surface area (Å²) in [4.78, 5) is 24.0. The minimum absolute atomic E-state index is 0.0268. The van der Waals surface area contributed by atoms with E-state index in [1.54, 1.807) is 38.5 Å². The van der Waals surface area contributed by atoms with Crippen LogP contribution in [-0.2, 0) is 11.2 Å². The van der Waals surface area contributed by atoms with E-state index in [9.17, 15) is 9.59 Å². The van der Waals surface area contributed by atoms with Crippen molar-refractivity contribution >= 4 is 11.7 Å². The number of benzene rings is 2. The number of ketones is 1. The summed E-state index contributed by atoms with van der Waals surface area (Å²) < 4.78 is 10.2. The normalized spacial score (nSPS) is 10.2. The van der Waals surface area contributed by atoms with Crippen molar-refractivity contribution in [1.29, 1.82) is 0 Å². The number of methoxy groups -OCH3 is 2. The number of hydrogen-bond donors (Lipinski definition) is 1. The Morgan fingerprint density at radius 1 is 0.846 bits per heavy atom. The molecule has 5 nitrogen and oxygen atoms in total. The molecule has 0 aliphatic heterocycles. The second kappa shape index (κ2) is 10.2. The van der Waals surface area contributed by atoms with Crippen LogP contribution in [0.5, 0.6) is 11.5 Å². The number of amides is 1. The second-order valence-electron chi connectivity index (χ2n) is 5.95. The van der Waals surface area contributed by atoms with Gasteiger partial charge in [0.2, 0.25) is 5.91 Å². The van der Waals surface area contributed by atoms with Gasteiger partial charge in [-0.25, -0.2) is 0 Å². The quantitative estimate of drug-likeness (QED) is 0.663. The summed E-state index contributed by atoms with van der Waals surface area (Å²) in [6.45, 7) is 0.581. The zero-order valence-electron chi connectivity index (χ0n) is 15.3. The molecule has 0 aliphatic rings. The lowest BCUT2D eigenvalue weighted by Crippen LogP contribution is -2.25. The number of Topliss-reactive ketones (excluding diaryl/α,β-unsaturated/α-hetero) is 1. The van der Waals surface area contributed by atoms with E-state index in [1.807, 2.05) is 24.3 Å². The van der Waals surface area contributed by atoms with Gasteiger partial charge in [-0.2, -0.15) is 0 Å². The summed E-state index contributed by atoms with van der Waals surface area (Å²) in [7, 11) is 3.22. The number of hydrogen-bond acceptors (Lipinski definition) is 4. The Morgan fingerprint density at radius 2 is 1.42 bits per heavy atom. The summed E-state index contributed by atoms with van der Waals surface area (Å²) >= 11 is 0. The van der Waals surface area contributed by atoms with Crippen LogP contribution in [0, 0.1) is 0 Å². The molecule has 0 aliphatic carbocycles. The third-order valence-electron chi connectivity index (χ3n) is 4.11. The zero-order chi connectivity index (χ0) is 18.8. The van der Waals surface area contributed by atoms with Crippen molar-refractivity contribution in [1.82, 2.24) is 5.32 Å². The summed E-state index contributed by atoms with van der Waals surface area (Å²) in [6.07, 6.45) is 2.02. The average Bonchev–Trinajstić information content (AvgIpc) is 2.68. The van der Waals surface area contributed by atoms with E-state index in [-0.39, 0.29) is 11.7 Å². The molecule has 2 aromatic rings. The predicted octanol–water partition coefficient (Wildman–Crippen LogP) is 3.42. The maximum Gasteiger partial charge on any atom is 0.220 e. The van der Waals surface area contributed by atoms with Gasteiger partial charge in [0.05, 0.1) is 14.2 Å². The Kier molecular flexibility index (Phi) is 7.68. The number of rotatable bonds is 10. The van der Waals surface area contributed by atoms with Crippen LogP contribution in [0.15, 0.2) is 48.5 Å². The Labute approximate surface area is 154 Å². The standard InChI is InChI=1S/C21H25NO4/c1-25-18-10-6-16(7-11-18)14-15-22-21(24)5-3-4-20(23)17-8-12-19(26-2)13-9-17/h6-13H,3-5,14-15H2,1-2H3,(H,22,24). The van der Waals surface area contributed by atoms with E-state index in [0.717, 1.165) is 23.5 Å².